The van der Waals surface area contributed by atoms with Gasteiger partial charge in [0.2, 0.25) is 0 Å². The number of nitrogens with one attached hydrogen (secondary N) is 1. The lowest BCUT2D eigenvalue weighted by Gasteiger charge is -2.07. The summed E-state index contributed by atoms with van der Waals surface area (Å²) in [7, 11) is 0. The number of halogens is 1. The summed E-state index contributed by atoms with van der Waals surface area (Å²) in [4.78, 5) is 10.5. The molecule has 0 saturated heterocycles. The van der Waals surface area contributed by atoms with Crippen LogP contribution in [0.1, 0.15) is 5.56 Å². The van der Waals surface area contributed by atoms with Gasteiger partial charge in [-0.3, -0.25) is 10.1 Å². The van der Waals surface area contributed by atoms with Crippen molar-refractivity contribution in [3.63, 3.8) is 0 Å². The number of hydrogen-bond donors (Lipinski definition) is 1. The van der Waals surface area contributed by atoms with Gasteiger partial charge in [0.15, 0.2) is 0 Å². The van der Waals surface area contributed by atoms with Crippen molar-refractivity contribution in [3.8, 4) is 0 Å². The molecule has 0 aliphatic rings. The van der Waals surface area contributed by atoms with Gasteiger partial charge < -0.3 is 5.32 Å². The molecule has 0 aliphatic carbocycles. The smallest absolute Gasteiger partial charge is 0.272 e. The maximum Gasteiger partial charge on any atom is 0.272 e. The number of nitro groups is 1. The standard InChI is InChI=1S/C14H13ClN2O2/c15-12-5-3-6-13(10-12)16-9-8-11-4-1-2-7-14(11)17(18)19/h1-7,10,16H,8-9H2. The number of nitro benzene ring substituents is 1. The van der Waals surface area contributed by atoms with E-state index >= 15 is 0 Å². The fourth-order valence-corrected chi connectivity index (χ4v) is 2.03. The van der Waals surface area contributed by atoms with Gasteiger partial charge in [0.25, 0.3) is 5.69 Å². The molecule has 0 radical (unpaired) electrons. The SMILES string of the molecule is O=[N+]([O-])c1ccccc1CCNc1cccc(Cl)c1. The average molecular weight is 277 g/mol. The van der Waals surface area contributed by atoms with Gasteiger partial charge in [-0.05, 0) is 24.6 Å². The van der Waals surface area contributed by atoms with Crippen molar-refractivity contribution in [3.05, 3.63) is 69.2 Å². The zero-order chi connectivity index (χ0) is 13.7. The number of nitrogens with zero attached hydrogens (tertiary/aromatic N) is 1. The molecule has 4 nitrogen and oxygen atoms in total. The zero-order valence-corrected chi connectivity index (χ0v) is 10.9. The van der Waals surface area contributed by atoms with Crippen molar-refractivity contribution < 1.29 is 4.92 Å². The zero-order valence-electron chi connectivity index (χ0n) is 10.2. The van der Waals surface area contributed by atoms with Crippen molar-refractivity contribution in [1.82, 2.24) is 0 Å². The highest BCUT2D eigenvalue weighted by Crippen LogP contribution is 2.19. The summed E-state index contributed by atoms with van der Waals surface area (Å²) < 4.78 is 0. The highest BCUT2D eigenvalue weighted by molar-refractivity contribution is 6.30. The van der Waals surface area contributed by atoms with Gasteiger partial charge >= 0.3 is 0 Å². The number of para-hydroxylation sites is 1. The molecule has 0 spiro atoms. The van der Waals surface area contributed by atoms with E-state index in [1.165, 1.54) is 6.07 Å². The second-order valence-corrected chi connectivity index (χ2v) is 4.51. The van der Waals surface area contributed by atoms with E-state index < -0.39 is 0 Å². The van der Waals surface area contributed by atoms with Crippen LogP contribution in [0, 0.1) is 10.1 Å². The predicted molar refractivity (Wildman–Crippen MR) is 76.7 cm³/mol. The maximum atomic E-state index is 10.9. The van der Waals surface area contributed by atoms with Gasteiger partial charge in [-0.15, -0.1) is 0 Å². The van der Waals surface area contributed by atoms with Crippen molar-refractivity contribution in [1.29, 1.82) is 0 Å². The molecule has 1 N–H and O–H groups in total. The van der Waals surface area contributed by atoms with Crippen LogP contribution in [0.15, 0.2) is 48.5 Å². The first-order valence-electron chi connectivity index (χ1n) is 5.88. The topological polar surface area (TPSA) is 55.2 Å². The van der Waals surface area contributed by atoms with Gasteiger partial charge in [0.05, 0.1) is 4.92 Å². The summed E-state index contributed by atoms with van der Waals surface area (Å²) >= 11 is 5.88. The Bertz CT molecular complexity index is 587. The van der Waals surface area contributed by atoms with E-state index in [0.717, 1.165) is 11.3 Å². The van der Waals surface area contributed by atoms with Gasteiger partial charge in [-0.1, -0.05) is 35.9 Å². The van der Waals surface area contributed by atoms with Crippen LogP contribution in [0.5, 0.6) is 0 Å². The van der Waals surface area contributed by atoms with Crippen LogP contribution in [0.3, 0.4) is 0 Å². The lowest BCUT2D eigenvalue weighted by Crippen LogP contribution is -2.06. The summed E-state index contributed by atoms with van der Waals surface area (Å²) in [5, 5.41) is 14.7. The third-order valence-electron chi connectivity index (χ3n) is 2.74. The Morgan fingerprint density at radius 1 is 1.16 bits per heavy atom. The molecule has 0 saturated carbocycles. The van der Waals surface area contributed by atoms with E-state index in [4.69, 9.17) is 11.6 Å². The molecule has 0 aromatic heterocycles. The first-order valence-corrected chi connectivity index (χ1v) is 6.26. The Morgan fingerprint density at radius 3 is 2.68 bits per heavy atom. The van der Waals surface area contributed by atoms with Gasteiger partial charge in [-0.25, -0.2) is 0 Å². The summed E-state index contributed by atoms with van der Waals surface area (Å²) in [6, 6.07) is 14.2. The monoisotopic (exact) mass is 276 g/mol. The quantitative estimate of drug-likeness (QED) is 0.665. The Balaban J connectivity index is 1.98. The largest absolute Gasteiger partial charge is 0.385 e. The molecule has 0 atom stereocenters. The minimum absolute atomic E-state index is 0.162. The summed E-state index contributed by atoms with van der Waals surface area (Å²) in [6.45, 7) is 0.616. The molecule has 2 aromatic carbocycles. The van der Waals surface area contributed by atoms with Crippen LogP contribution in [0.25, 0.3) is 0 Å². The van der Waals surface area contributed by atoms with E-state index in [9.17, 15) is 10.1 Å². The highest BCUT2D eigenvalue weighted by Gasteiger charge is 2.11. The molecule has 0 unspecified atom stereocenters. The lowest BCUT2D eigenvalue weighted by molar-refractivity contribution is -0.385. The van der Waals surface area contributed by atoms with Crippen LogP contribution in [-0.4, -0.2) is 11.5 Å². The third kappa shape index (κ3) is 3.69. The van der Waals surface area contributed by atoms with Crippen molar-refractivity contribution in [2.75, 3.05) is 11.9 Å². The van der Waals surface area contributed by atoms with Crippen LogP contribution in [0.2, 0.25) is 5.02 Å². The summed E-state index contributed by atoms with van der Waals surface area (Å²) in [6.07, 6.45) is 0.587. The third-order valence-corrected chi connectivity index (χ3v) is 2.97. The first kappa shape index (κ1) is 13.4. The number of benzene rings is 2. The van der Waals surface area contributed by atoms with E-state index in [-0.39, 0.29) is 10.6 Å². The molecule has 0 amide bonds. The molecule has 2 aromatic rings. The number of rotatable bonds is 5. The van der Waals surface area contributed by atoms with Gasteiger partial charge in [0, 0.05) is 28.9 Å². The van der Waals surface area contributed by atoms with Crippen molar-refractivity contribution >= 4 is 23.0 Å². The van der Waals surface area contributed by atoms with Crippen molar-refractivity contribution in [2.45, 2.75) is 6.42 Å². The van der Waals surface area contributed by atoms with Crippen molar-refractivity contribution in [2.24, 2.45) is 0 Å². The molecule has 19 heavy (non-hydrogen) atoms. The second kappa shape index (κ2) is 6.20. The fourth-order valence-electron chi connectivity index (χ4n) is 1.84. The maximum absolute atomic E-state index is 10.9. The number of anilines is 1. The average Bonchev–Trinajstić information content (AvgIpc) is 2.39. The molecular weight excluding hydrogens is 264 g/mol. The minimum Gasteiger partial charge on any atom is -0.385 e. The number of hydrogen-bond acceptors (Lipinski definition) is 3. The van der Waals surface area contributed by atoms with Crippen LogP contribution >= 0.6 is 11.6 Å². The Labute approximate surface area is 116 Å². The van der Waals surface area contributed by atoms with E-state index in [2.05, 4.69) is 5.32 Å². The van der Waals surface area contributed by atoms with E-state index in [1.807, 2.05) is 24.3 Å². The molecule has 0 fully saturated rings. The van der Waals surface area contributed by atoms with Gasteiger partial charge in [0.1, 0.15) is 0 Å². The van der Waals surface area contributed by atoms with E-state index in [1.54, 1.807) is 18.2 Å². The predicted octanol–water partition coefficient (Wildman–Crippen LogP) is 3.90. The molecule has 0 heterocycles. The molecule has 0 aliphatic heterocycles. The lowest BCUT2D eigenvalue weighted by atomic mass is 10.1. The molecule has 98 valence electrons. The normalized spacial score (nSPS) is 10.2. The Morgan fingerprint density at radius 2 is 1.95 bits per heavy atom. The Kier molecular flexibility index (Phi) is 4.36. The summed E-state index contributed by atoms with van der Waals surface area (Å²) in [5.41, 5.74) is 1.79. The second-order valence-electron chi connectivity index (χ2n) is 4.07. The molecular formula is C14H13ClN2O2. The van der Waals surface area contributed by atoms with Crippen LogP contribution in [-0.2, 0) is 6.42 Å². The minimum atomic E-state index is -0.352. The Hall–Kier alpha value is -2.07. The summed E-state index contributed by atoms with van der Waals surface area (Å²) in [5.74, 6) is 0. The van der Waals surface area contributed by atoms with E-state index in [0.29, 0.717) is 18.0 Å². The van der Waals surface area contributed by atoms with Crippen LogP contribution < -0.4 is 5.32 Å². The van der Waals surface area contributed by atoms with Gasteiger partial charge in [-0.2, -0.15) is 0 Å². The first-order chi connectivity index (χ1) is 9.16. The fraction of sp³-hybridized carbons (Fsp3) is 0.143. The molecule has 2 rings (SSSR count). The molecule has 0 bridgehead atoms. The molecule has 5 heteroatoms. The highest BCUT2D eigenvalue weighted by atomic mass is 35.5. The van der Waals surface area contributed by atoms with Crippen LogP contribution in [0.4, 0.5) is 11.4 Å².